The van der Waals surface area contributed by atoms with Crippen molar-refractivity contribution in [2.75, 3.05) is 39.5 Å². The van der Waals surface area contributed by atoms with Crippen LogP contribution in [-0.2, 0) is 14.4 Å². The molecular formula is C17H22N2O6. The number of benzene rings is 1. The minimum Gasteiger partial charge on any atom is -0.493 e. The molecule has 1 N–H and O–H groups in total. The number of hydrogen-bond donors (Lipinski definition) is 1. The first-order valence-corrected chi connectivity index (χ1v) is 7.71. The molecule has 2 rings (SSSR count). The van der Waals surface area contributed by atoms with Crippen molar-refractivity contribution in [3.63, 3.8) is 0 Å². The van der Waals surface area contributed by atoms with E-state index in [0.29, 0.717) is 47.9 Å². The molecular weight excluding hydrogens is 328 g/mol. The van der Waals surface area contributed by atoms with Crippen LogP contribution in [0.3, 0.4) is 0 Å². The zero-order valence-electron chi connectivity index (χ0n) is 14.7. The normalized spacial score (nSPS) is 17.9. The minimum atomic E-state index is -0.474. The number of nitrogens with zero attached hydrogens (tertiary/aromatic N) is 1. The summed E-state index contributed by atoms with van der Waals surface area (Å²) < 4.78 is 15.5. The second kappa shape index (κ2) is 8.39. The predicted molar refractivity (Wildman–Crippen MR) is 90.9 cm³/mol. The number of methoxy groups -OCH3 is 3. The number of hydrogen-bond acceptors (Lipinski definition) is 8. The molecule has 1 unspecified atom stereocenters. The van der Waals surface area contributed by atoms with Crippen molar-refractivity contribution in [2.45, 2.75) is 13.0 Å². The molecule has 1 aromatic carbocycles. The lowest BCUT2D eigenvalue weighted by Gasteiger charge is -2.35. The summed E-state index contributed by atoms with van der Waals surface area (Å²) in [7, 11) is 4.58. The first kappa shape index (κ1) is 18.6. The Hall–Kier alpha value is -2.74. The number of ether oxygens (including phenoxy) is 3. The Bertz CT molecular complexity index is 673. The largest absolute Gasteiger partial charge is 0.493 e. The Morgan fingerprint density at radius 2 is 1.88 bits per heavy atom. The van der Waals surface area contributed by atoms with Gasteiger partial charge in [0, 0.05) is 31.5 Å². The topological polar surface area (TPSA) is 86.3 Å². The summed E-state index contributed by atoms with van der Waals surface area (Å²) >= 11 is 0. The highest BCUT2D eigenvalue weighted by Crippen LogP contribution is 2.40. The van der Waals surface area contributed by atoms with Crippen LogP contribution in [-0.4, -0.2) is 52.8 Å². The van der Waals surface area contributed by atoms with Crippen LogP contribution in [0.2, 0.25) is 0 Å². The summed E-state index contributed by atoms with van der Waals surface area (Å²) in [6.07, 6.45) is 1.62. The Morgan fingerprint density at radius 3 is 2.48 bits per heavy atom. The van der Waals surface area contributed by atoms with Gasteiger partial charge in [0.25, 0.3) is 0 Å². The molecule has 1 aromatic rings. The number of nitrogens with one attached hydrogen (secondary N) is 1. The summed E-state index contributed by atoms with van der Waals surface area (Å²) in [5, 5.41) is 4.40. The number of carbonyl (C=O) groups excluding carboxylic acids is 2. The zero-order chi connectivity index (χ0) is 18.4. The van der Waals surface area contributed by atoms with Gasteiger partial charge in [-0.25, -0.2) is 0 Å². The molecule has 1 aliphatic heterocycles. The summed E-state index contributed by atoms with van der Waals surface area (Å²) in [6, 6.07) is 2.71. The molecule has 0 saturated heterocycles. The van der Waals surface area contributed by atoms with Gasteiger partial charge >= 0.3 is 6.47 Å². The molecule has 0 bridgehead atoms. The summed E-state index contributed by atoms with van der Waals surface area (Å²) in [6.45, 7) is 3.14. The SMILES string of the molecule is COCCNC=C1C(=O)c2cc(OC)c(OC)cc2N(OC=O)C1C. The first-order chi connectivity index (χ1) is 12.1. The van der Waals surface area contributed by atoms with Gasteiger partial charge < -0.3 is 24.4 Å². The van der Waals surface area contributed by atoms with Crippen molar-refractivity contribution in [1.82, 2.24) is 5.32 Å². The maximum absolute atomic E-state index is 12.9. The van der Waals surface area contributed by atoms with Gasteiger partial charge in [0.15, 0.2) is 17.3 Å². The summed E-state index contributed by atoms with van der Waals surface area (Å²) in [4.78, 5) is 29.0. The molecule has 25 heavy (non-hydrogen) atoms. The fourth-order valence-electron chi connectivity index (χ4n) is 2.64. The molecule has 0 saturated carbocycles. The molecule has 1 atom stereocenters. The van der Waals surface area contributed by atoms with E-state index < -0.39 is 6.04 Å². The zero-order valence-corrected chi connectivity index (χ0v) is 14.7. The third-order valence-corrected chi connectivity index (χ3v) is 3.91. The van der Waals surface area contributed by atoms with Crippen molar-refractivity contribution < 1.29 is 28.6 Å². The van der Waals surface area contributed by atoms with Gasteiger partial charge in [-0.2, -0.15) is 5.06 Å². The molecule has 0 aliphatic carbocycles. The van der Waals surface area contributed by atoms with E-state index in [0.717, 1.165) is 0 Å². The van der Waals surface area contributed by atoms with Gasteiger partial charge in [0.1, 0.15) is 0 Å². The first-order valence-electron chi connectivity index (χ1n) is 7.71. The van der Waals surface area contributed by atoms with Gasteiger partial charge in [0.05, 0.1) is 38.1 Å². The van der Waals surface area contributed by atoms with Gasteiger partial charge in [-0.3, -0.25) is 9.59 Å². The maximum atomic E-state index is 12.9. The van der Waals surface area contributed by atoms with Gasteiger partial charge in [0.2, 0.25) is 0 Å². The van der Waals surface area contributed by atoms with Gasteiger partial charge in [-0.15, -0.1) is 0 Å². The summed E-state index contributed by atoms with van der Waals surface area (Å²) in [5.41, 5.74) is 1.26. The Labute approximate surface area is 146 Å². The van der Waals surface area contributed by atoms with E-state index in [9.17, 15) is 9.59 Å². The van der Waals surface area contributed by atoms with Gasteiger partial charge in [-0.1, -0.05) is 0 Å². The van der Waals surface area contributed by atoms with E-state index in [2.05, 4.69) is 5.32 Å². The van der Waals surface area contributed by atoms with E-state index in [1.807, 2.05) is 0 Å². The number of rotatable bonds is 8. The smallest absolute Gasteiger partial charge is 0.320 e. The molecule has 1 aliphatic rings. The molecule has 136 valence electrons. The number of ketones is 1. The number of carbonyl (C=O) groups is 2. The Balaban J connectivity index is 2.49. The number of Topliss-reactive ketones (excluding diaryl/α,β-unsaturated/α-hetero) is 1. The maximum Gasteiger partial charge on any atom is 0.320 e. The van der Waals surface area contributed by atoms with Crippen molar-refractivity contribution in [1.29, 1.82) is 0 Å². The predicted octanol–water partition coefficient (Wildman–Crippen LogP) is 1.30. The van der Waals surface area contributed by atoms with Crippen LogP contribution in [0.5, 0.6) is 11.5 Å². The lowest BCUT2D eigenvalue weighted by atomic mass is 9.92. The van der Waals surface area contributed by atoms with Crippen molar-refractivity contribution in [3.05, 3.63) is 29.5 Å². The lowest BCUT2D eigenvalue weighted by molar-refractivity contribution is -0.130. The standard InChI is InChI=1S/C17H22N2O6/c1-11-13(9-18-5-6-22-2)17(21)12-7-15(23-3)16(24-4)8-14(12)19(11)25-10-20/h7-11,18H,5-6H2,1-4H3. The highest BCUT2D eigenvalue weighted by molar-refractivity contribution is 6.15. The van der Waals surface area contributed by atoms with Crippen molar-refractivity contribution in [2.24, 2.45) is 0 Å². The minimum absolute atomic E-state index is 0.181. The van der Waals surface area contributed by atoms with E-state index in [4.69, 9.17) is 19.0 Å². The van der Waals surface area contributed by atoms with Crippen molar-refractivity contribution in [3.8, 4) is 11.5 Å². The molecule has 8 heteroatoms. The quantitative estimate of drug-likeness (QED) is 0.427. The Kier molecular flexibility index (Phi) is 6.24. The monoisotopic (exact) mass is 350 g/mol. The van der Waals surface area contributed by atoms with E-state index in [-0.39, 0.29) is 5.78 Å². The van der Waals surface area contributed by atoms with E-state index in [1.54, 1.807) is 32.4 Å². The number of anilines is 1. The fraction of sp³-hybridized carbons (Fsp3) is 0.412. The van der Waals surface area contributed by atoms with Crippen LogP contribution in [0.1, 0.15) is 17.3 Å². The van der Waals surface area contributed by atoms with Crippen molar-refractivity contribution >= 4 is 17.9 Å². The third-order valence-electron chi connectivity index (χ3n) is 3.91. The second-order valence-electron chi connectivity index (χ2n) is 5.30. The highest BCUT2D eigenvalue weighted by Gasteiger charge is 2.36. The Morgan fingerprint density at radius 1 is 1.20 bits per heavy atom. The van der Waals surface area contributed by atoms with Crippen LogP contribution < -0.4 is 19.9 Å². The number of hydroxylamine groups is 1. The van der Waals surface area contributed by atoms with Gasteiger partial charge in [-0.05, 0) is 13.0 Å². The van der Waals surface area contributed by atoms with Crippen LogP contribution >= 0.6 is 0 Å². The van der Waals surface area contributed by atoms with Crippen LogP contribution in [0.4, 0.5) is 5.69 Å². The molecule has 1 heterocycles. The average molecular weight is 350 g/mol. The molecule has 0 aromatic heterocycles. The van der Waals surface area contributed by atoms with Crippen LogP contribution in [0.15, 0.2) is 23.9 Å². The fourth-order valence-corrected chi connectivity index (χ4v) is 2.64. The van der Waals surface area contributed by atoms with Crippen LogP contribution in [0.25, 0.3) is 0 Å². The average Bonchev–Trinajstić information content (AvgIpc) is 2.63. The van der Waals surface area contributed by atoms with E-state index in [1.165, 1.54) is 19.3 Å². The molecule has 0 radical (unpaired) electrons. The summed E-state index contributed by atoms with van der Waals surface area (Å²) in [5.74, 6) is 0.674. The number of fused-ring (bicyclic) bond motifs is 1. The highest BCUT2D eigenvalue weighted by atomic mass is 16.7. The molecule has 8 nitrogen and oxygen atoms in total. The molecule has 0 spiro atoms. The molecule has 0 fully saturated rings. The lowest BCUT2D eigenvalue weighted by Crippen LogP contribution is -2.42. The molecule has 0 amide bonds. The van der Waals surface area contributed by atoms with Crippen LogP contribution in [0, 0.1) is 0 Å². The second-order valence-corrected chi connectivity index (χ2v) is 5.30. The van der Waals surface area contributed by atoms with E-state index >= 15 is 0 Å². The third kappa shape index (κ3) is 3.69.